The van der Waals surface area contributed by atoms with E-state index in [9.17, 15) is 9.59 Å². The molecule has 174 valence electrons. The largest absolute Gasteiger partial charge is 0.467 e. The molecule has 2 aromatic carbocycles. The van der Waals surface area contributed by atoms with E-state index in [1.165, 1.54) is 0 Å². The summed E-state index contributed by atoms with van der Waals surface area (Å²) in [5, 5.41) is 3.29. The second kappa shape index (κ2) is 9.15. The molecule has 1 aliphatic rings. The van der Waals surface area contributed by atoms with Gasteiger partial charge in [0.1, 0.15) is 5.76 Å². The first-order chi connectivity index (χ1) is 16.5. The smallest absolute Gasteiger partial charge is 0.267 e. The third-order valence-corrected chi connectivity index (χ3v) is 6.16. The molecule has 1 aliphatic heterocycles. The highest BCUT2D eigenvalue weighted by molar-refractivity contribution is 5.97. The summed E-state index contributed by atoms with van der Waals surface area (Å²) < 4.78 is 12.4. The van der Waals surface area contributed by atoms with Crippen LogP contribution >= 0.6 is 0 Å². The van der Waals surface area contributed by atoms with Crippen LogP contribution in [0.2, 0.25) is 0 Å². The van der Waals surface area contributed by atoms with E-state index in [1.807, 2.05) is 32.0 Å². The first-order valence-electron chi connectivity index (χ1n) is 11.3. The number of anilines is 1. The van der Waals surface area contributed by atoms with Crippen molar-refractivity contribution in [3.8, 4) is 5.69 Å². The number of hydrogen-bond acceptors (Lipinski definition) is 6. The van der Waals surface area contributed by atoms with Gasteiger partial charge in [0.2, 0.25) is 5.95 Å². The molecule has 1 N–H and O–H groups in total. The molecular weight excluding hydrogens is 432 g/mol. The zero-order chi connectivity index (χ0) is 23.7. The number of nitrogens with zero attached hydrogens (tertiary/aromatic N) is 3. The molecule has 0 saturated carbocycles. The number of benzene rings is 2. The number of amides is 1. The fraction of sp³-hybridized carbons (Fsp3) is 0.269. The maximum Gasteiger partial charge on any atom is 0.267 e. The van der Waals surface area contributed by atoms with Crippen LogP contribution in [0.5, 0.6) is 0 Å². The minimum atomic E-state index is -0.258. The number of ether oxygens (including phenoxy) is 1. The molecule has 3 heterocycles. The molecule has 0 atom stereocenters. The van der Waals surface area contributed by atoms with Crippen LogP contribution in [0.3, 0.4) is 0 Å². The number of fused-ring (bicyclic) bond motifs is 1. The summed E-state index contributed by atoms with van der Waals surface area (Å²) >= 11 is 0. The van der Waals surface area contributed by atoms with E-state index in [0.29, 0.717) is 54.5 Å². The summed E-state index contributed by atoms with van der Waals surface area (Å²) in [4.78, 5) is 33.4. The van der Waals surface area contributed by atoms with Crippen molar-refractivity contribution in [3.05, 3.63) is 87.6 Å². The number of nitrogens with one attached hydrogen (secondary N) is 1. The molecule has 0 unspecified atom stereocenters. The minimum Gasteiger partial charge on any atom is -0.467 e. The van der Waals surface area contributed by atoms with Crippen molar-refractivity contribution >= 4 is 22.8 Å². The van der Waals surface area contributed by atoms with Crippen molar-refractivity contribution in [2.45, 2.75) is 20.4 Å². The molecule has 0 aliphatic carbocycles. The Morgan fingerprint density at radius 3 is 2.62 bits per heavy atom. The standard InChI is InChI=1S/C26H26N4O4/c1-17-5-7-20(14-18(17)2)30-25(32)22-8-6-19(24(31)27-16-21-4-3-11-34-21)15-23(22)28-26(30)29-9-12-33-13-10-29/h3-8,11,14-15H,9-10,12-13,16H2,1-2H3,(H,27,31). The van der Waals surface area contributed by atoms with Gasteiger partial charge in [-0.05, 0) is 67.4 Å². The Morgan fingerprint density at radius 1 is 1.06 bits per heavy atom. The predicted octanol–water partition coefficient (Wildman–Crippen LogP) is 3.36. The van der Waals surface area contributed by atoms with Gasteiger partial charge in [0.15, 0.2) is 0 Å². The van der Waals surface area contributed by atoms with Crippen LogP contribution < -0.4 is 15.8 Å². The average Bonchev–Trinajstić information content (AvgIpc) is 3.38. The van der Waals surface area contributed by atoms with Crippen molar-refractivity contribution in [1.82, 2.24) is 14.9 Å². The van der Waals surface area contributed by atoms with Gasteiger partial charge in [0, 0.05) is 18.7 Å². The Morgan fingerprint density at radius 2 is 1.88 bits per heavy atom. The normalized spacial score (nSPS) is 13.9. The van der Waals surface area contributed by atoms with E-state index in [2.05, 4.69) is 10.2 Å². The summed E-state index contributed by atoms with van der Waals surface area (Å²) in [6.45, 7) is 6.75. The number of carbonyl (C=O) groups is 1. The zero-order valence-corrected chi connectivity index (χ0v) is 19.2. The number of hydrogen-bond donors (Lipinski definition) is 1. The molecule has 34 heavy (non-hydrogen) atoms. The van der Waals surface area contributed by atoms with E-state index in [1.54, 1.807) is 41.2 Å². The van der Waals surface area contributed by atoms with Crippen molar-refractivity contribution < 1.29 is 13.9 Å². The van der Waals surface area contributed by atoms with Crippen LogP contribution in [0.15, 0.2) is 64.0 Å². The molecule has 0 radical (unpaired) electrons. The highest BCUT2D eigenvalue weighted by Crippen LogP contribution is 2.23. The maximum absolute atomic E-state index is 13.7. The molecule has 5 rings (SSSR count). The van der Waals surface area contributed by atoms with Crippen molar-refractivity contribution in [2.24, 2.45) is 0 Å². The molecule has 8 heteroatoms. The van der Waals surface area contributed by atoms with Gasteiger partial charge in [-0.1, -0.05) is 6.07 Å². The van der Waals surface area contributed by atoms with Crippen LogP contribution in [-0.2, 0) is 11.3 Å². The van der Waals surface area contributed by atoms with Gasteiger partial charge in [-0.15, -0.1) is 0 Å². The first-order valence-corrected chi connectivity index (χ1v) is 11.3. The van der Waals surface area contributed by atoms with Gasteiger partial charge >= 0.3 is 0 Å². The highest BCUT2D eigenvalue weighted by Gasteiger charge is 2.21. The molecule has 0 spiro atoms. The summed E-state index contributed by atoms with van der Waals surface area (Å²) in [7, 11) is 0. The lowest BCUT2D eigenvalue weighted by atomic mass is 10.1. The van der Waals surface area contributed by atoms with Gasteiger partial charge in [0.05, 0.1) is 42.6 Å². The van der Waals surface area contributed by atoms with Crippen LogP contribution in [-0.4, -0.2) is 41.8 Å². The Labute approximate surface area is 196 Å². The molecular formula is C26H26N4O4. The summed E-state index contributed by atoms with van der Waals surface area (Å²) in [5.41, 5.74) is 3.77. The Balaban J connectivity index is 1.59. The predicted molar refractivity (Wildman–Crippen MR) is 130 cm³/mol. The second-order valence-electron chi connectivity index (χ2n) is 8.41. The number of morpholine rings is 1. The monoisotopic (exact) mass is 458 g/mol. The van der Waals surface area contributed by atoms with Crippen molar-refractivity contribution in [1.29, 1.82) is 0 Å². The molecule has 1 fully saturated rings. The van der Waals surface area contributed by atoms with Crippen LogP contribution in [0.25, 0.3) is 16.6 Å². The van der Waals surface area contributed by atoms with Gasteiger partial charge in [-0.2, -0.15) is 0 Å². The average molecular weight is 459 g/mol. The topological polar surface area (TPSA) is 89.6 Å². The van der Waals surface area contributed by atoms with Gasteiger partial charge in [-0.25, -0.2) is 9.55 Å². The van der Waals surface area contributed by atoms with Crippen LogP contribution in [0, 0.1) is 13.8 Å². The third kappa shape index (κ3) is 4.20. The molecule has 1 saturated heterocycles. The van der Waals surface area contributed by atoms with Crippen molar-refractivity contribution in [3.63, 3.8) is 0 Å². The van der Waals surface area contributed by atoms with Crippen LogP contribution in [0.1, 0.15) is 27.2 Å². The minimum absolute atomic E-state index is 0.169. The highest BCUT2D eigenvalue weighted by atomic mass is 16.5. The quantitative estimate of drug-likeness (QED) is 0.493. The summed E-state index contributed by atoms with van der Waals surface area (Å²) in [6, 6.07) is 14.5. The van der Waals surface area contributed by atoms with Crippen LogP contribution in [0.4, 0.5) is 5.95 Å². The Hall–Kier alpha value is -3.91. The first kappa shape index (κ1) is 21.9. The lowest BCUT2D eigenvalue weighted by Gasteiger charge is -2.30. The number of carbonyl (C=O) groups excluding carboxylic acids is 1. The molecule has 0 bridgehead atoms. The van der Waals surface area contributed by atoms with E-state index < -0.39 is 0 Å². The number of aryl methyl sites for hydroxylation is 2. The molecule has 8 nitrogen and oxygen atoms in total. The van der Waals surface area contributed by atoms with Gasteiger partial charge in [-0.3, -0.25) is 9.59 Å². The lowest BCUT2D eigenvalue weighted by Crippen LogP contribution is -2.40. The zero-order valence-electron chi connectivity index (χ0n) is 19.2. The third-order valence-electron chi connectivity index (χ3n) is 6.16. The lowest BCUT2D eigenvalue weighted by molar-refractivity contribution is 0.0948. The van der Waals surface area contributed by atoms with E-state index >= 15 is 0 Å². The van der Waals surface area contributed by atoms with E-state index in [0.717, 1.165) is 16.8 Å². The molecule has 2 aromatic heterocycles. The second-order valence-corrected chi connectivity index (χ2v) is 8.41. The fourth-order valence-electron chi connectivity index (χ4n) is 4.07. The van der Waals surface area contributed by atoms with Gasteiger partial charge in [0.25, 0.3) is 11.5 Å². The van der Waals surface area contributed by atoms with Gasteiger partial charge < -0.3 is 19.4 Å². The van der Waals surface area contributed by atoms with E-state index in [-0.39, 0.29) is 18.0 Å². The number of furan rings is 1. The fourth-order valence-corrected chi connectivity index (χ4v) is 4.07. The Kier molecular flexibility index (Phi) is 5.90. The Bertz CT molecular complexity index is 1400. The molecule has 1 amide bonds. The number of rotatable bonds is 5. The van der Waals surface area contributed by atoms with Crippen molar-refractivity contribution in [2.75, 3.05) is 31.2 Å². The number of aromatic nitrogens is 2. The summed E-state index contributed by atoms with van der Waals surface area (Å²) in [5.74, 6) is 0.960. The summed E-state index contributed by atoms with van der Waals surface area (Å²) in [6.07, 6.45) is 1.56. The van der Waals surface area contributed by atoms with E-state index in [4.69, 9.17) is 14.1 Å². The maximum atomic E-state index is 13.7. The molecule has 4 aromatic rings. The SMILES string of the molecule is Cc1ccc(-n2c(N3CCOCC3)nc3cc(C(=O)NCc4ccco4)ccc3c2=O)cc1C.